The number of rotatable bonds is 7. The van der Waals surface area contributed by atoms with Gasteiger partial charge in [-0.3, -0.25) is 14.4 Å². The van der Waals surface area contributed by atoms with E-state index in [1.807, 2.05) is 0 Å². The van der Waals surface area contributed by atoms with Crippen molar-refractivity contribution in [3.05, 3.63) is 83.9 Å². The van der Waals surface area contributed by atoms with Gasteiger partial charge in [-0.25, -0.2) is 13.3 Å². The van der Waals surface area contributed by atoms with Crippen molar-refractivity contribution in [2.75, 3.05) is 37.7 Å². The minimum atomic E-state index is -3.84. The fourth-order valence-corrected chi connectivity index (χ4v) is 5.93. The van der Waals surface area contributed by atoms with E-state index in [-0.39, 0.29) is 61.4 Å². The van der Waals surface area contributed by atoms with Gasteiger partial charge >= 0.3 is 0 Å². The molecule has 1 N–H and O–H groups in total. The maximum atomic E-state index is 13.2. The first-order chi connectivity index (χ1) is 18.3. The first-order valence-corrected chi connectivity index (χ1v) is 13.5. The minimum Gasteiger partial charge on any atom is -0.504 e. The number of carbonyl (C=O) groups is 3. The number of piperazine rings is 1. The topological polar surface area (TPSA) is 125 Å². The van der Waals surface area contributed by atoms with E-state index in [1.165, 1.54) is 34.6 Å². The lowest BCUT2D eigenvalue weighted by atomic mass is 10.1. The predicted molar refractivity (Wildman–Crippen MR) is 138 cm³/mol. The highest BCUT2D eigenvalue weighted by atomic mass is 32.2. The highest BCUT2D eigenvalue weighted by Crippen LogP contribution is 2.30. The van der Waals surface area contributed by atoms with Gasteiger partial charge in [0.15, 0.2) is 11.5 Å². The molecule has 11 heteroatoms. The van der Waals surface area contributed by atoms with E-state index in [4.69, 9.17) is 4.74 Å². The summed E-state index contributed by atoms with van der Waals surface area (Å²) in [6.45, 7) is 0.834. The van der Waals surface area contributed by atoms with Crippen LogP contribution < -0.4 is 9.64 Å². The van der Waals surface area contributed by atoms with E-state index in [9.17, 15) is 27.9 Å². The lowest BCUT2D eigenvalue weighted by Gasteiger charge is -2.34. The molecule has 2 aliphatic rings. The summed E-state index contributed by atoms with van der Waals surface area (Å²) < 4.78 is 33.2. The standard InChI is InChI=1S/C27H25N3O7S/c31-23-7-3-4-8-24(23)37-18-13-25(32)28-14-16-29(17-15-28)38(35,36)20-11-9-19(10-12-20)30-26(33)21-5-1-2-6-22(21)27(30)34/h1-12,31H,13-18H2. The van der Waals surface area contributed by atoms with Crippen molar-refractivity contribution >= 4 is 33.4 Å². The maximum absolute atomic E-state index is 13.2. The fourth-order valence-electron chi connectivity index (χ4n) is 4.50. The zero-order chi connectivity index (χ0) is 26.9. The second kappa shape index (κ2) is 10.3. The Bertz CT molecular complexity index is 1460. The molecule has 2 aliphatic heterocycles. The van der Waals surface area contributed by atoms with Crippen LogP contribution in [0.4, 0.5) is 5.69 Å². The van der Waals surface area contributed by atoms with Gasteiger partial charge in [0.25, 0.3) is 11.8 Å². The third kappa shape index (κ3) is 4.73. The molecule has 196 valence electrons. The Morgan fingerprint density at radius 2 is 1.39 bits per heavy atom. The molecule has 38 heavy (non-hydrogen) atoms. The second-order valence-corrected chi connectivity index (χ2v) is 10.8. The summed E-state index contributed by atoms with van der Waals surface area (Å²) in [5.41, 5.74) is 0.911. The van der Waals surface area contributed by atoms with Gasteiger partial charge in [-0.2, -0.15) is 4.31 Å². The minimum absolute atomic E-state index is 0.00414. The third-order valence-electron chi connectivity index (χ3n) is 6.56. The molecule has 0 spiro atoms. The smallest absolute Gasteiger partial charge is 0.266 e. The van der Waals surface area contributed by atoms with Crippen molar-refractivity contribution in [3.63, 3.8) is 0 Å². The molecule has 3 amide bonds. The molecule has 5 rings (SSSR count). The van der Waals surface area contributed by atoms with Crippen molar-refractivity contribution in [2.24, 2.45) is 0 Å². The summed E-state index contributed by atoms with van der Waals surface area (Å²) in [7, 11) is -3.84. The van der Waals surface area contributed by atoms with Gasteiger partial charge in [0, 0.05) is 26.2 Å². The number of amides is 3. The number of fused-ring (bicyclic) bond motifs is 1. The molecule has 0 unspecified atom stereocenters. The Morgan fingerprint density at radius 3 is 2.00 bits per heavy atom. The van der Waals surface area contributed by atoms with E-state index < -0.39 is 21.8 Å². The van der Waals surface area contributed by atoms with Crippen LogP contribution >= 0.6 is 0 Å². The molecule has 0 bridgehead atoms. The Labute approximate surface area is 219 Å². The number of para-hydroxylation sites is 2. The third-order valence-corrected chi connectivity index (χ3v) is 8.47. The number of phenolic OH excluding ortho intramolecular Hbond substituents is 1. The van der Waals surface area contributed by atoms with Gasteiger partial charge in [0.1, 0.15) is 0 Å². The summed E-state index contributed by atoms with van der Waals surface area (Å²) >= 11 is 0. The van der Waals surface area contributed by atoms with E-state index in [1.54, 1.807) is 47.4 Å². The molecular weight excluding hydrogens is 510 g/mol. The molecule has 1 saturated heterocycles. The van der Waals surface area contributed by atoms with E-state index in [2.05, 4.69) is 0 Å². The molecule has 3 aromatic rings. The van der Waals surface area contributed by atoms with Crippen LogP contribution in [0.2, 0.25) is 0 Å². The number of benzene rings is 3. The molecule has 3 aromatic carbocycles. The number of ether oxygens (including phenoxy) is 1. The normalized spacial score (nSPS) is 16.0. The van der Waals surface area contributed by atoms with Crippen molar-refractivity contribution in [2.45, 2.75) is 11.3 Å². The van der Waals surface area contributed by atoms with Crippen molar-refractivity contribution in [1.29, 1.82) is 0 Å². The van der Waals surface area contributed by atoms with Crippen LogP contribution in [-0.4, -0.2) is 73.2 Å². The van der Waals surface area contributed by atoms with Gasteiger partial charge in [-0.1, -0.05) is 24.3 Å². The maximum Gasteiger partial charge on any atom is 0.266 e. The Balaban J connectivity index is 1.17. The molecule has 0 atom stereocenters. The first-order valence-electron chi connectivity index (χ1n) is 12.0. The van der Waals surface area contributed by atoms with Gasteiger partial charge in [0.05, 0.1) is 34.7 Å². The number of anilines is 1. The summed E-state index contributed by atoms with van der Waals surface area (Å²) in [5.74, 6) is -0.774. The van der Waals surface area contributed by atoms with Crippen LogP contribution in [0.3, 0.4) is 0 Å². The molecule has 2 heterocycles. The Kier molecular flexibility index (Phi) is 6.87. The number of imide groups is 1. The molecule has 0 aliphatic carbocycles. The zero-order valence-corrected chi connectivity index (χ0v) is 21.1. The average Bonchev–Trinajstić information content (AvgIpc) is 3.19. The van der Waals surface area contributed by atoms with Crippen LogP contribution in [0, 0.1) is 0 Å². The SMILES string of the molecule is O=C(CCOc1ccccc1O)N1CCN(S(=O)(=O)c2ccc(N3C(=O)c4ccccc4C3=O)cc2)CC1. The summed E-state index contributed by atoms with van der Waals surface area (Å²) in [6.07, 6.45) is 0.0976. The number of carbonyl (C=O) groups excluding carboxylic acids is 3. The zero-order valence-electron chi connectivity index (χ0n) is 20.3. The van der Waals surface area contributed by atoms with Gasteiger partial charge in [0.2, 0.25) is 15.9 Å². The van der Waals surface area contributed by atoms with Gasteiger partial charge in [-0.05, 0) is 48.5 Å². The van der Waals surface area contributed by atoms with E-state index in [0.717, 1.165) is 4.90 Å². The van der Waals surface area contributed by atoms with E-state index >= 15 is 0 Å². The summed E-state index contributed by atoms with van der Waals surface area (Å²) in [6, 6.07) is 18.7. The van der Waals surface area contributed by atoms with Crippen LogP contribution in [-0.2, 0) is 14.8 Å². The first kappa shape index (κ1) is 25.4. The van der Waals surface area contributed by atoms with Crippen LogP contribution in [0.5, 0.6) is 11.5 Å². The second-order valence-electron chi connectivity index (χ2n) is 8.84. The molecule has 0 saturated carbocycles. The average molecular weight is 536 g/mol. The Hall–Kier alpha value is -4.22. The monoisotopic (exact) mass is 535 g/mol. The molecular formula is C27H25N3O7S. The number of aromatic hydroxyl groups is 1. The number of phenols is 1. The highest BCUT2D eigenvalue weighted by molar-refractivity contribution is 7.89. The lowest BCUT2D eigenvalue weighted by molar-refractivity contribution is -0.132. The predicted octanol–water partition coefficient (Wildman–Crippen LogP) is 2.49. The van der Waals surface area contributed by atoms with Crippen molar-refractivity contribution in [3.8, 4) is 11.5 Å². The van der Waals surface area contributed by atoms with Crippen molar-refractivity contribution < 1.29 is 32.6 Å². The van der Waals surface area contributed by atoms with Crippen LogP contribution in [0.25, 0.3) is 0 Å². The molecule has 1 fully saturated rings. The Morgan fingerprint density at radius 1 is 0.816 bits per heavy atom. The van der Waals surface area contributed by atoms with Gasteiger partial charge in [-0.15, -0.1) is 0 Å². The lowest BCUT2D eigenvalue weighted by Crippen LogP contribution is -2.50. The fraction of sp³-hybridized carbons (Fsp3) is 0.222. The molecule has 0 radical (unpaired) electrons. The molecule has 10 nitrogen and oxygen atoms in total. The summed E-state index contributed by atoms with van der Waals surface area (Å²) in [5, 5.41) is 9.74. The number of hydrogen-bond donors (Lipinski definition) is 1. The van der Waals surface area contributed by atoms with Crippen LogP contribution in [0.1, 0.15) is 27.1 Å². The number of nitrogens with zero attached hydrogens (tertiary/aromatic N) is 3. The number of sulfonamides is 1. The van der Waals surface area contributed by atoms with Crippen LogP contribution in [0.15, 0.2) is 77.7 Å². The van der Waals surface area contributed by atoms with E-state index in [0.29, 0.717) is 16.9 Å². The number of hydrogen-bond acceptors (Lipinski definition) is 7. The molecule has 0 aromatic heterocycles. The summed E-state index contributed by atoms with van der Waals surface area (Å²) in [4.78, 5) is 40.6. The van der Waals surface area contributed by atoms with Crippen molar-refractivity contribution in [1.82, 2.24) is 9.21 Å². The van der Waals surface area contributed by atoms with Gasteiger partial charge < -0.3 is 14.7 Å². The quantitative estimate of drug-likeness (QED) is 0.461. The largest absolute Gasteiger partial charge is 0.504 e. The highest BCUT2D eigenvalue weighted by Gasteiger charge is 2.37.